The normalized spacial score (nSPS) is 15.5. The summed E-state index contributed by atoms with van der Waals surface area (Å²) >= 11 is 0. The van der Waals surface area contributed by atoms with Crippen molar-refractivity contribution in [3.63, 3.8) is 0 Å². The Bertz CT molecular complexity index is 491. The molecule has 0 aliphatic carbocycles. The number of nitrogens with zero attached hydrogens (tertiary/aromatic N) is 1. The summed E-state index contributed by atoms with van der Waals surface area (Å²) in [6.45, 7) is 7.53. The zero-order valence-electron chi connectivity index (χ0n) is 13.2. The third kappa shape index (κ3) is 4.36. The molecular weight excluding hydrogens is 268 g/mol. The highest BCUT2D eigenvalue weighted by molar-refractivity contribution is 5.70. The maximum absolute atomic E-state index is 11.9. The maximum Gasteiger partial charge on any atom is 0.410 e. The second kappa shape index (κ2) is 6.35. The highest BCUT2D eigenvalue weighted by Crippen LogP contribution is 2.21. The van der Waals surface area contributed by atoms with Crippen LogP contribution in [0.3, 0.4) is 0 Å². The molecule has 21 heavy (non-hydrogen) atoms. The first kappa shape index (κ1) is 15.6. The van der Waals surface area contributed by atoms with Gasteiger partial charge >= 0.3 is 6.09 Å². The van der Waals surface area contributed by atoms with E-state index in [9.17, 15) is 4.79 Å². The largest absolute Gasteiger partial charge is 0.444 e. The number of benzene rings is 1. The molecule has 1 aromatic carbocycles. The van der Waals surface area contributed by atoms with E-state index in [1.165, 1.54) is 0 Å². The minimum atomic E-state index is -0.444. The van der Waals surface area contributed by atoms with Crippen LogP contribution in [0.1, 0.15) is 26.3 Å². The third-order valence-corrected chi connectivity index (χ3v) is 3.21. The van der Waals surface area contributed by atoms with Crippen LogP contribution in [0.4, 0.5) is 10.5 Å². The van der Waals surface area contributed by atoms with E-state index < -0.39 is 5.60 Å². The van der Waals surface area contributed by atoms with Gasteiger partial charge in [-0.1, -0.05) is 18.2 Å². The van der Waals surface area contributed by atoms with Gasteiger partial charge in [0.15, 0.2) is 0 Å². The van der Waals surface area contributed by atoms with Crippen LogP contribution in [-0.2, 0) is 16.1 Å². The topological polar surface area (TPSA) is 50.8 Å². The highest BCUT2D eigenvalue weighted by atomic mass is 16.6. The molecule has 116 valence electrons. The van der Waals surface area contributed by atoms with Gasteiger partial charge in [-0.3, -0.25) is 0 Å². The van der Waals surface area contributed by atoms with E-state index in [0.717, 1.165) is 11.3 Å². The zero-order chi connectivity index (χ0) is 15.5. The molecule has 1 aromatic rings. The van der Waals surface area contributed by atoms with E-state index in [4.69, 9.17) is 9.47 Å². The van der Waals surface area contributed by atoms with Gasteiger partial charge in [0.05, 0.1) is 12.6 Å². The van der Waals surface area contributed by atoms with Crippen LogP contribution in [0.15, 0.2) is 24.3 Å². The number of ether oxygens (including phenoxy) is 2. The van der Waals surface area contributed by atoms with E-state index in [1.54, 1.807) is 12.0 Å². The van der Waals surface area contributed by atoms with E-state index >= 15 is 0 Å². The monoisotopic (exact) mass is 292 g/mol. The second-order valence-corrected chi connectivity index (χ2v) is 6.32. The molecule has 0 bridgehead atoms. The van der Waals surface area contributed by atoms with Gasteiger partial charge in [0, 0.05) is 31.5 Å². The standard InChI is InChI=1S/C16H24N2O3/c1-16(2,3)21-15(19)18-9-13(10-18)17-14-8-6-5-7-12(14)11-20-4/h5-8,13,17H,9-11H2,1-4H3. The lowest BCUT2D eigenvalue weighted by Crippen LogP contribution is -2.58. The average molecular weight is 292 g/mol. The molecule has 0 atom stereocenters. The van der Waals surface area contributed by atoms with Crippen LogP contribution in [0.5, 0.6) is 0 Å². The molecule has 5 heteroatoms. The highest BCUT2D eigenvalue weighted by Gasteiger charge is 2.33. The van der Waals surface area contributed by atoms with Crippen molar-refractivity contribution in [1.82, 2.24) is 4.90 Å². The van der Waals surface area contributed by atoms with Crippen molar-refractivity contribution in [3.8, 4) is 0 Å². The minimum absolute atomic E-state index is 0.245. The number of hydrogen-bond acceptors (Lipinski definition) is 4. The van der Waals surface area contributed by atoms with E-state index in [0.29, 0.717) is 19.7 Å². The third-order valence-electron chi connectivity index (χ3n) is 3.21. The number of hydrogen-bond donors (Lipinski definition) is 1. The summed E-state index contributed by atoms with van der Waals surface area (Å²) < 4.78 is 10.5. The van der Waals surface area contributed by atoms with E-state index in [1.807, 2.05) is 45.0 Å². The fourth-order valence-electron chi connectivity index (χ4n) is 2.21. The number of rotatable bonds is 4. The molecule has 1 aliphatic heterocycles. The van der Waals surface area contributed by atoms with E-state index in [-0.39, 0.29) is 12.1 Å². The van der Waals surface area contributed by atoms with Crippen molar-refractivity contribution >= 4 is 11.8 Å². The molecule has 5 nitrogen and oxygen atoms in total. The molecule has 1 fully saturated rings. The van der Waals surface area contributed by atoms with Gasteiger partial charge in [-0.15, -0.1) is 0 Å². The van der Waals surface area contributed by atoms with Crippen molar-refractivity contribution in [2.45, 2.75) is 39.0 Å². The Hall–Kier alpha value is -1.75. The maximum atomic E-state index is 11.9. The fraction of sp³-hybridized carbons (Fsp3) is 0.562. The molecule has 1 saturated heterocycles. The van der Waals surface area contributed by atoms with Gasteiger partial charge in [-0.2, -0.15) is 0 Å². The van der Waals surface area contributed by atoms with E-state index in [2.05, 4.69) is 5.32 Å². The summed E-state index contributed by atoms with van der Waals surface area (Å²) in [5.41, 5.74) is 1.74. The van der Waals surface area contributed by atoms with Crippen LogP contribution in [0, 0.1) is 0 Å². The van der Waals surface area contributed by atoms with Crippen molar-refractivity contribution in [2.24, 2.45) is 0 Å². The minimum Gasteiger partial charge on any atom is -0.444 e. The lowest BCUT2D eigenvalue weighted by atomic mass is 10.1. The summed E-state index contributed by atoms with van der Waals surface area (Å²) in [7, 11) is 1.68. The zero-order valence-corrected chi connectivity index (χ0v) is 13.2. The predicted molar refractivity (Wildman–Crippen MR) is 82.4 cm³/mol. The number of carbonyl (C=O) groups excluding carboxylic acids is 1. The molecule has 0 unspecified atom stereocenters. The van der Waals surface area contributed by atoms with Crippen molar-refractivity contribution < 1.29 is 14.3 Å². The Morgan fingerprint density at radius 2 is 2.00 bits per heavy atom. The molecule has 0 saturated carbocycles. The van der Waals surface area contributed by atoms with Crippen molar-refractivity contribution in [3.05, 3.63) is 29.8 Å². The lowest BCUT2D eigenvalue weighted by Gasteiger charge is -2.40. The van der Waals surface area contributed by atoms with Gasteiger partial charge in [0.25, 0.3) is 0 Å². The van der Waals surface area contributed by atoms with Crippen LogP contribution >= 0.6 is 0 Å². The fourth-order valence-corrected chi connectivity index (χ4v) is 2.21. The summed E-state index contributed by atoms with van der Waals surface area (Å²) in [5.74, 6) is 0. The number of carbonyl (C=O) groups is 1. The molecule has 1 amide bonds. The number of amides is 1. The first-order valence-electron chi connectivity index (χ1n) is 7.20. The predicted octanol–water partition coefficient (Wildman–Crippen LogP) is 2.86. The Morgan fingerprint density at radius 3 is 2.62 bits per heavy atom. The Morgan fingerprint density at radius 1 is 1.33 bits per heavy atom. The molecule has 0 radical (unpaired) electrons. The van der Waals surface area contributed by atoms with Crippen LogP contribution in [0.2, 0.25) is 0 Å². The second-order valence-electron chi connectivity index (χ2n) is 6.32. The Kier molecular flexibility index (Phi) is 4.73. The number of para-hydroxylation sites is 1. The molecule has 1 heterocycles. The lowest BCUT2D eigenvalue weighted by molar-refractivity contribution is 0.0105. The molecule has 0 spiro atoms. The van der Waals surface area contributed by atoms with Crippen molar-refractivity contribution in [2.75, 3.05) is 25.5 Å². The van der Waals surface area contributed by atoms with Gasteiger partial charge in [0.1, 0.15) is 5.60 Å². The van der Waals surface area contributed by atoms with Crippen LogP contribution in [-0.4, -0.2) is 42.8 Å². The first-order chi connectivity index (χ1) is 9.89. The van der Waals surface area contributed by atoms with Crippen LogP contribution in [0.25, 0.3) is 0 Å². The summed E-state index contributed by atoms with van der Waals surface area (Å²) in [5, 5.41) is 3.45. The van der Waals surface area contributed by atoms with Gasteiger partial charge in [-0.25, -0.2) is 4.79 Å². The van der Waals surface area contributed by atoms with Crippen molar-refractivity contribution in [1.29, 1.82) is 0 Å². The van der Waals surface area contributed by atoms with Gasteiger partial charge in [-0.05, 0) is 26.8 Å². The summed E-state index contributed by atoms with van der Waals surface area (Å²) in [4.78, 5) is 13.6. The number of likely N-dealkylation sites (tertiary alicyclic amines) is 1. The van der Waals surface area contributed by atoms with Gasteiger partial charge in [0.2, 0.25) is 0 Å². The molecule has 1 aliphatic rings. The first-order valence-corrected chi connectivity index (χ1v) is 7.20. The van der Waals surface area contributed by atoms with Crippen LogP contribution < -0.4 is 5.32 Å². The molecule has 1 N–H and O–H groups in total. The Balaban J connectivity index is 1.84. The quantitative estimate of drug-likeness (QED) is 0.927. The summed E-state index contributed by atoms with van der Waals surface area (Å²) in [6, 6.07) is 8.32. The molecular formula is C16H24N2O3. The average Bonchev–Trinajstić information content (AvgIpc) is 2.33. The SMILES string of the molecule is COCc1ccccc1NC1CN(C(=O)OC(C)(C)C)C1. The summed E-state index contributed by atoms with van der Waals surface area (Å²) in [6.07, 6.45) is -0.245. The number of methoxy groups -OCH3 is 1. The molecule has 0 aromatic heterocycles. The Labute approximate surface area is 126 Å². The molecule has 2 rings (SSSR count). The number of nitrogens with one attached hydrogen (secondary N) is 1. The smallest absolute Gasteiger partial charge is 0.410 e. The number of anilines is 1. The van der Waals surface area contributed by atoms with Gasteiger partial charge < -0.3 is 19.7 Å².